The molecule has 0 aliphatic carbocycles. The Kier molecular flexibility index (Phi) is 4.36. The lowest BCUT2D eigenvalue weighted by molar-refractivity contribution is 0.0920. The van der Waals surface area contributed by atoms with Crippen molar-refractivity contribution >= 4 is 5.91 Å². The molecule has 0 saturated carbocycles. The largest absolute Gasteiger partial charge is 0.334 e. The number of carbonyl (C=O) groups excluding carboxylic acids is 1. The monoisotopic (exact) mass is 258 g/mol. The molecule has 0 radical (unpaired) electrons. The van der Waals surface area contributed by atoms with E-state index >= 15 is 0 Å². The van der Waals surface area contributed by atoms with Crippen LogP contribution < -0.4 is 5.32 Å². The summed E-state index contributed by atoms with van der Waals surface area (Å²) in [6.07, 6.45) is 0.576. The van der Waals surface area contributed by atoms with Gasteiger partial charge in [0.2, 0.25) is 0 Å². The van der Waals surface area contributed by atoms with E-state index in [-0.39, 0.29) is 11.3 Å². The first-order valence-corrected chi connectivity index (χ1v) is 6.57. The number of rotatable bonds is 3. The Hall–Kier alpha value is -1.82. The second-order valence-corrected chi connectivity index (χ2v) is 6.05. The highest BCUT2D eigenvalue weighted by molar-refractivity contribution is 5.96. The lowest BCUT2D eigenvalue weighted by Crippen LogP contribution is -2.44. The molecule has 0 aliphatic heterocycles. The van der Waals surface area contributed by atoms with Crippen molar-refractivity contribution in [2.45, 2.75) is 52.0 Å². The number of hydrogen-bond acceptors (Lipinski definition) is 2. The first kappa shape index (κ1) is 15.2. The molecule has 0 saturated heterocycles. The third-order valence-corrected chi connectivity index (χ3v) is 3.32. The van der Waals surface area contributed by atoms with Gasteiger partial charge in [-0.25, -0.2) is 0 Å². The topological polar surface area (TPSA) is 52.9 Å². The van der Waals surface area contributed by atoms with Crippen molar-refractivity contribution in [2.24, 2.45) is 0 Å². The second-order valence-electron chi connectivity index (χ2n) is 6.05. The van der Waals surface area contributed by atoms with Crippen LogP contribution in [0.15, 0.2) is 24.3 Å². The van der Waals surface area contributed by atoms with E-state index in [1.54, 1.807) is 6.92 Å². The van der Waals surface area contributed by atoms with E-state index in [2.05, 4.69) is 32.2 Å². The van der Waals surface area contributed by atoms with Crippen LogP contribution in [0.4, 0.5) is 0 Å². The van der Waals surface area contributed by atoms with Gasteiger partial charge in [0.05, 0.1) is 6.07 Å². The first-order valence-electron chi connectivity index (χ1n) is 6.57. The van der Waals surface area contributed by atoms with Crippen molar-refractivity contribution < 1.29 is 4.79 Å². The van der Waals surface area contributed by atoms with Gasteiger partial charge in [0.25, 0.3) is 5.91 Å². The fourth-order valence-corrected chi connectivity index (χ4v) is 1.85. The van der Waals surface area contributed by atoms with E-state index in [9.17, 15) is 4.79 Å². The molecule has 102 valence electrons. The lowest BCUT2D eigenvalue weighted by Gasteiger charge is -2.25. The molecule has 1 amide bonds. The van der Waals surface area contributed by atoms with Gasteiger partial charge in [0.15, 0.2) is 0 Å². The Morgan fingerprint density at radius 1 is 1.26 bits per heavy atom. The number of amides is 1. The van der Waals surface area contributed by atoms with Gasteiger partial charge in [-0.2, -0.15) is 5.26 Å². The molecule has 1 rings (SSSR count). The normalized spacial score (nSPS) is 14.3. The predicted octanol–water partition coefficient (Wildman–Crippen LogP) is 3.41. The van der Waals surface area contributed by atoms with Gasteiger partial charge in [0.1, 0.15) is 5.54 Å². The number of nitriles is 1. The summed E-state index contributed by atoms with van der Waals surface area (Å²) in [5.41, 5.74) is 0.708. The predicted molar refractivity (Wildman–Crippen MR) is 76.9 cm³/mol. The lowest BCUT2D eigenvalue weighted by atomic mass is 9.83. The maximum absolute atomic E-state index is 12.4. The molecule has 3 heteroatoms. The van der Waals surface area contributed by atoms with E-state index < -0.39 is 5.54 Å². The Morgan fingerprint density at radius 2 is 1.84 bits per heavy atom. The highest BCUT2D eigenvalue weighted by Gasteiger charge is 2.27. The highest BCUT2D eigenvalue weighted by atomic mass is 16.1. The first-order chi connectivity index (χ1) is 8.73. The molecule has 0 bridgehead atoms. The van der Waals surface area contributed by atoms with Crippen LogP contribution in [0.1, 0.15) is 57.0 Å². The van der Waals surface area contributed by atoms with Gasteiger partial charge in [-0.3, -0.25) is 4.79 Å². The summed E-state index contributed by atoms with van der Waals surface area (Å²) in [6.45, 7) is 9.84. The number of carbonyl (C=O) groups is 1. The molecule has 1 N–H and O–H groups in total. The molecule has 1 aromatic rings. The van der Waals surface area contributed by atoms with Crippen LogP contribution >= 0.6 is 0 Å². The summed E-state index contributed by atoms with van der Waals surface area (Å²) in [6, 6.07) is 9.71. The van der Waals surface area contributed by atoms with E-state index in [1.807, 2.05) is 31.2 Å². The van der Waals surface area contributed by atoms with E-state index in [0.717, 1.165) is 5.56 Å². The van der Waals surface area contributed by atoms with Crippen molar-refractivity contribution in [1.82, 2.24) is 5.32 Å². The number of benzene rings is 1. The molecule has 1 atom stereocenters. The molecule has 1 aromatic carbocycles. The molecule has 0 aromatic heterocycles. The molecule has 19 heavy (non-hydrogen) atoms. The average Bonchev–Trinajstić information content (AvgIpc) is 2.37. The molecule has 1 unspecified atom stereocenters. The summed E-state index contributed by atoms with van der Waals surface area (Å²) in [5.74, 6) is -0.184. The maximum Gasteiger partial charge on any atom is 0.252 e. The van der Waals surface area contributed by atoms with Crippen LogP contribution in [0, 0.1) is 11.3 Å². The summed E-state index contributed by atoms with van der Waals surface area (Å²) >= 11 is 0. The van der Waals surface area contributed by atoms with Gasteiger partial charge >= 0.3 is 0 Å². The molecular formula is C16H22N2O. The Bertz CT molecular complexity index is 508. The van der Waals surface area contributed by atoms with Gasteiger partial charge < -0.3 is 5.32 Å². The molecule has 3 nitrogen and oxygen atoms in total. The minimum Gasteiger partial charge on any atom is -0.334 e. The zero-order chi connectivity index (χ0) is 14.7. The average molecular weight is 258 g/mol. The Morgan fingerprint density at radius 3 is 2.32 bits per heavy atom. The van der Waals surface area contributed by atoms with E-state index in [0.29, 0.717) is 12.0 Å². The fourth-order valence-electron chi connectivity index (χ4n) is 1.85. The summed E-state index contributed by atoms with van der Waals surface area (Å²) in [5, 5.41) is 12.0. The van der Waals surface area contributed by atoms with Crippen molar-refractivity contribution in [3.8, 4) is 6.07 Å². The number of nitrogens with one attached hydrogen (secondary N) is 1. The van der Waals surface area contributed by atoms with Crippen molar-refractivity contribution in [2.75, 3.05) is 0 Å². The molecule has 0 spiro atoms. The van der Waals surface area contributed by atoms with Crippen LogP contribution in [0.3, 0.4) is 0 Å². The maximum atomic E-state index is 12.4. The van der Waals surface area contributed by atoms with E-state index in [4.69, 9.17) is 5.26 Å². The van der Waals surface area contributed by atoms with Crippen molar-refractivity contribution in [1.29, 1.82) is 5.26 Å². The second kappa shape index (κ2) is 5.44. The zero-order valence-corrected chi connectivity index (χ0v) is 12.4. The van der Waals surface area contributed by atoms with Crippen LogP contribution in [-0.2, 0) is 5.41 Å². The quantitative estimate of drug-likeness (QED) is 0.903. The van der Waals surface area contributed by atoms with Crippen LogP contribution in [0.2, 0.25) is 0 Å². The van der Waals surface area contributed by atoms with Crippen molar-refractivity contribution in [3.05, 3.63) is 35.4 Å². The standard InChI is InChI=1S/C16H22N2O/c1-6-16(5,11-17)18-14(19)12-9-7-8-10-13(12)15(2,3)4/h7-10H,6H2,1-5H3,(H,18,19). The fraction of sp³-hybridized carbons (Fsp3) is 0.500. The van der Waals surface area contributed by atoms with Gasteiger partial charge in [-0.05, 0) is 30.4 Å². The summed E-state index contributed by atoms with van der Waals surface area (Å²) in [4.78, 5) is 12.4. The zero-order valence-electron chi connectivity index (χ0n) is 12.4. The van der Waals surface area contributed by atoms with E-state index in [1.165, 1.54) is 0 Å². The molecule has 0 fully saturated rings. The summed E-state index contributed by atoms with van der Waals surface area (Å²) in [7, 11) is 0. The SMILES string of the molecule is CCC(C)(C#N)NC(=O)c1ccccc1C(C)(C)C. The highest BCUT2D eigenvalue weighted by Crippen LogP contribution is 2.26. The third kappa shape index (κ3) is 3.57. The Balaban J connectivity index is 3.12. The summed E-state index contributed by atoms with van der Waals surface area (Å²) < 4.78 is 0. The Labute approximate surface area is 115 Å². The van der Waals surface area contributed by atoms with Crippen LogP contribution in [-0.4, -0.2) is 11.4 Å². The molecule has 0 aliphatic rings. The van der Waals surface area contributed by atoms with Gasteiger partial charge in [0, 0.05) is 5.56 Å². The third-order valence-electron chi connectivity index (χ3n) is 3.32. The van der Waals surface area contributed by atoms with Crippen molar-refractivity contribution in [3.63, 3.8) is 0 Å². The number of hydrogen-bond donors (Lipinski definition) is 1. The smallest absolute Gasteiger partial charge is 0.252 e. The molecular weight excluding hydrogens is 236 g/mol. The van der Waals surface area contributed by atoms with Gasteiger partial charge in [-0.15, -0.1) is 0 Å². The van der Waals surface area contributed by atoms with Crippen LogP contribution in [0.5, 0.6) is 0 Å². The van der Waals surface area contributed by atoms with Crippen LogP contribution in [0.25, 0.3) is 0 Å². The van der Waals surface area contributed by atoms with Gasteiger partial charge in [-0.1, -0.05) is 45.9 Å². The minimum atomic E-state index is -0.817. The number of nitrogens with zero attached hydrogens (tertiary/aromatic N) is 1. The minimum absolute atomic E-state index is 0.108. The molecule has 0 heterocycles.